The van der Waals surface area contributed by atoms with Crippen LogP contribution in [-0.4, -0.2) is 86.1 Å². The number of aromatic hydroxyl groups is 1. The van der Waals surface area contributed by atoms with Gasteiger partial charge in [-0.3, -0.25) is 28.8 Å². The number of primary amides is 1. The van der Waals surface area contributed by atoms with Crippen LogP contribution in [0, 0.1) is 0 Å². The molecule has 0 spiro atoms. The third-order valence-electron chi connectivity index (χ3n) is 5.05. The number of nitrogens with one attached hydrogen (secondary N) is 3. The third kappa shape index (κ3) is 11.3. The third-order valence-corrected chi connectivity index (χ3v) is 5.05. The Hall–Kier alpha value is -4.73. The van der Waals surface area contributed by atoms with Crippen LogP contribution in [-0.2, 0) is 40.0 Å². The smallest absolute Gasteiger partial charge is 0.326 e. The van der Waals surface area contributed by atoms with E-state index in [1.165, 1.54) is 24.3 Å². The Morgan fingerprint density at radius 2 is 1.21 bits per heavy atom. The highest BCUT2D eigenvalue weighted by Crippen LogP contribution is 2.11. The number of carboxylic acid groups (broad SMARTS) is 3. The van der Waals surface area contributed by atoms with Crippen molar-refractivity contribution in [1.29, 1.82) is 0 Å². The molecule has 0 aliphatic rings. The predicted molar refractivity (Wildman–Crippen MR) is 126 cm³/mol. The van der Waals surface area contributed by atoms with E-state index in [2.05, 4.69) is 10.6 Å². The first-order valence-corrected chi connectivity index (χ1v) is 11.1. The van der Waals surface area contributed by atoms with Gasteiger partial charge in [-0.2, -0.15) is 0 Å². The van der Waals surface area contributed by atoms with E-state index in [0.29, 0.717) is 5.56 Å². The molecule has 0 aliphatic heterocycles. The minimum absolute atomic E-state index is 0.0162. The van der Waals surface area contributed by atoms with Crippen molar-refractivity contribution in [2.75, 3.05) is 0 Å². The standard InChI is InChI=1S/C22H29N5O11/c23-12(7-10-1-3-11(28)4-2-10)19(34)26-14(8-17(30)31)21(36)25-13(5-6-16(24)29)20(35)27-15(22(37)38)9-18(32)33/h1-4,12-15,28H,5-9,23H2,(H2,24,29)(H,25,36)(H,26,34)(H,27,35)(H,30,31)(H,32,33)(H,37,38). The summed E-state index contributed by atoms with van der Waals surface area (Å²) in [6.07, 6.45) is -2.85. The summed E-state index contributed by atoms with van der Waals surface area (Å²) in [7, 11) is 0. The van der Waals surface area contributed by atoms with Crippen LogP contribution in [0.1, 0.15) is 31.2 Å². The molecule has 0 aliphatic carbocycles. The maximum absolute atomic E-state index is 12.8. The molecule has 0 fully saturated rings. The number of carbonyl (C=O) groups is 7. The van der Waals surface area contributed by atoms with Gasteiger partial charge in [-0.25, -0.2) is 4.79 Å². The first kappa shape index (κ1) is 31.3. The number of carboxylic acids is 3. The molecule has 4 atom stereocenters. The van der Waals surface area contributed by atoms with Crippen molar-refractivity contribution >= 4 is 41.5 Å². The van der Waals surface area contributed by atoms with Crippen LogP contribution >= 0.6 is 0 Å². The zero-order valence-corrected chi connectivity index (χ0v) is 20.0. The van der Waals surface area contributed by atoms with Gasteiger partial charge in [-0.15, -0.1) is 0 Å². The second-order valence-electron chi connectivity index (χ2n) is 8.20. The minimum atomic E-state index is -1.87. The number of phenolic OH excluding ortho intramolecular Hbond substituents is 1. The van der Waals surface area contributed by atoms with Gasteiger partial charge in [-0.1, -0.05) is 12.1 Å². The summed E-state index contributed by atoms with van der Waals surface area (Å²) in [5.74, 6) is -8.88. The lowest BCUT2D eigenvalue weighted by atomic mass is 10.0. The SMILES string of the molecule is NC(=O)CCC(NC(=O)C(CC(=O)O)NC(=O)C(N)Cc1ccc(O)cc1)C(=O)NC(CC(=O)O)C(=O)O. The number of aliphatic carboxylic acids is 3. The number of nitrogens with two attached hydrogens (primary N) is 2. The maximum Gasteiger partial charge on any atom is 0.326 e. The fraction of sp³-hybridized carbons (Fsp3) is 0.409. The van der Waals surface area contributed by atoms with Crippen LogP contribution in [0.2, 0.25) is 0 Å². The first-order valence-electron chi connectivity index (χ1n) is 11.1. The lowest BCUT2D eigenvalue weighted by Crippen LogP contribution is -2.57. The zero-order valence-electron chi connectivity index (χ0n) is 20.0. The molecule has 0 bridgehead atoms. The van der Waals surface area contributed by atoms with E-state index in [1.807, 2.05) is 5.32 Å². The molecule has 1 rings (SSSR count). The highest BCUT2D eigenvalue weighted by atomic mass is 16.4. The summed E-state index contributed by atoms with van der Waals surface area (Å²) in [5, 5.41) is 42.7. The molecule has 38 heavy (non-hydrogen) atoms. The maximum atomic E-state index is 12.8. The molecular formula is C22H29N5O11. The molecule has 4 unspecified atom stereocenters. The predicted octanol–water partition coefficient (Wildman–Crippen LogP) is -2.98. The van der Waals surface area contributed by atoms with E-state index < -0.39 is 91.4 Å². The second-order valence-corrected chi connectivity index (χ2v) is 8.20. The van der Waals surface area contributed by atoms with Crippen molar-refractivity contribution in [2.24, 2.45) is 11.5 Å². The average Bonchev–Trinajstić information content (AvgIpc) is 2.81. The second kappa shape index (κ2) is 14.7. The Morgan fingerprint density at radius 1 is 0.737 bits per heavy atom. The Bertz CT molecular complexity index is 1060. The molecule has 0 heterocycles. The summed E-state index contributed by atoms with van der Waals surface area (Å²) < 4.78 is 0. The van der Waals surface area contributed by atoms with Gasteiger partial charge < -0.3 is 47.8 Å². The number of hydrogen-bond donors (Lipinski definition) is 9. The van der Waals surface area contributed by atoms with Crippen LogP contribution < -0.4 is 27.4 Å². The molecule has 4 amide bonds. The number of amides is 4. The number of hydrogen-bond acceptors (Lipinski definition) is 9. The van der Waals surface area contributed by atoms with E-state index >= 15 is 0 Å². The Kier molecular flexibility index (Phi) is 12.1. The van der Waals surface area contributed by atoms with Crippen molar-refractivity contribution in [2.45, 2.75) is 56.3 Å². The van der Waals surface area contributed by atoms with Crippen LogP contribution in [0.15, 0.2) is 24.3 Å². The minimum Gasteiger partial charge on any atom is -0.508 e. The van der Waals surface area contributed by atoms with E-state index in [4.69, 9.17) is 21.7 Å². The molecular weight excluding hydrogens is 510 g/mol. The monoisotopic (exact) mass is 539 g/mol. The fourth-order valence-electron chi connectivity index (χ4n) is 3.12. The molecule has 0 saturated carbocycles. The van der Waals surface area contributed by atoms with Gasteiger partial charge in [0.25, 0.3) is 0 Å². The summed E-state index contributed by atoms with van der Waals surface area (Å²) in [6, 6.07) is -0.743. The van der Waals surface area contributed by atoms with Crippen molar-refractivity contribution in [1.82, 2.24) is 16.0 Å². The van der Waals surface area contributed by atoms with E-state index in [9.17, 15) is 43.8 Å². The number of benzene rings is 1. The topological polar surface area (TPSA) is 289 Å². The molecule has 0 saturated heterocycles. The molecule has 1 aromatic rings. The molecule has 0 aromatic heterocycles. The normalized spacial score (nSPS) is 13.7. The largest absolute Gasteiger partial charge is 0.508 e. The van der Waals surface area contributed by atoms with Gasteiger partial charge in [0, 0.05) is 6.42 Å². The molecule has 16 nitrogen and oxygen atoms in total. The Labute approximate surface area is 215 Å². The highest BCUT2D eigenvalue weighted by Gasteiger charge is 2.32. The number of carbonyl (C=O) groups excluding carboxylic acids is 4. The van der Waals surface area contributed by atoms with E-state index in [0.717, 1.165) is 0 Å². The summed E-state index contributed by atoms with van der Waals surface area (Å²) in [4.78, 5) is 82.6. The number of phenols is 1. The summed E-state index contributed by atoms with van der Waals surface area (Å²) in [6.45, 7) is 0. The van der Waals surface area contributed by atoms with Gasteiger partial charge >= 0.3 is 17.9 Å². The first-order chi connectivity index (χ1) is 17.7. The van der Waals surface area contributed by atoms with Gasteiger partial charge in [0.2, 0.25) is 23.6 Å². The van der Waals surface area contributed by atoms with Crippen LogP contribution in [0.5, 0.6) is 5.75 Å². The molecule has 11 N–H and O–H groups in total. The zero-order chi connectivity index (χ0) is 29.0. The van der Waals surface area contributed by atoms with Gasteiger partial charge in [0.05, 0.1) is 18.9 Å². The van der Waals surface area contributed by atoms with Crippen molar-refractivity contribution in [3.8, 4) is 5.75 Å². The Balaban J connectivity index is 3.02. The summed E-state index contributed by atoms with van der Waals surface area (Å²) >= 11 is 0. The van der Waals surface area contributed by atoms with Gasteiger partial charge in [-0.05, 0) is 30.5 Å². The van der Waals surface area contributed by atoms with E-state index in [-0.39, 0.29) is 12.2 Å². The highest BCUT2D eigenvalue weighted by molar-refractivity contribution is 5.96. The number of rotatable bonds is 16. The van der Waals surface area contributed by atoms with E-state index in [1.54, 1.807) is 0 Å². The van der Waals surface area contributed by atoms with Crippen molar-refractivity contribution in [3.05, 3.63) is 29.8 Å². The molecule has 16 heteroatoms. The Morgan fingerprint density at radius 3 is 1.71 bits per heavy atom. The summed E-state index contributed by atoms with van der Waals surface area (Å²) in [5.41, 5.74) is 11.5. The van der Waals surface area contributed by atoms with Gasteiger partial charge in [0.1, 0.15) is 23.9 Å². The fourth-order valence-corrected chi connectivity index (χ4v) is 3.12. The lowest BCUT2D eigenvalue weighted by molar-refractivity contribution is -0.147. The molecule has 208 valence electrons. The lowest BCUT2D eigenvalue weighted by Gasteiger charge is -2.24. The van der Waals surface area contributed by atoms with Crippen LogP contribution in [0.25, 0.3) is 0 Å². The average molecular weight is 539 g/mol. The molecule has 0 radical (unpaired) electrons. The van der Waals surface area contributed by atoms with Crippen molar-refractivity contribution in [3.63, 3.8) is 0 Å². The van der Waals surface area contributed by atoms with Crippen LogP contribution in [0.3, 0.4) is 0 Å². The quantitative estimate of drug-likeness (QED) is 0.102. The van der Waals surface area contributed by atoms with Gasteiger partial charge in [0.15, 0.2) is 0 Å². The van der Waals surface area contributed by atoms with Crippen LogP contribution in [0.4, 0.5) is 0 Å². The molecule has 1 aromatic carbocycles. The van der Waals surface area contributed by atoms with Crippen molar-refractivity contribution < 1.29 is 54.0 Å².